The molecule has 2 N–H and O–H groups in total. The highest BCUT2D eigenvalue weighted by molar-refractivity contribution is 5.41. The van der Waals surface area contributed by atoms with Crippen molar-refractivity contribution in [1.29, 1.82) is 0 Å². The second kappa shape index (κ2) is 3.97. The quantitative estimate of drug-likeness (QED) is 0.868. The number of benzene rings is 1. The Labute approximate surface area is 107 Å². The fourth-order valence-corrected chi connectivity index (χ4v) is 3.72. The second-order valence-electron chi connectivity index (χ2n) is 5.76. The fraction of sp³-hybridized carbons (Fsp3) is 0.600. The Morgan fingerprint density at radius 1 is 1.28 bits per heavy atom. The first-order chi connectivity index (χ1) is 8.81. The summed E-state index contributed by atoms with van der Waals surface area (Å²) in [6, 6.07) is 6.55. The summed E-state index contributed by atoms with van der Waals surface area (Å²) in [5.41, 5.74) is 9.02. The van der Waals surface area contributed by atoms with E-state index >= 15 is 0 Å². The van der Waals surface area contributed by atoms with Crippen LogP contribution in [0, 0.1) is 5.92 Å². The Hall–Kier alpha value is -1.06. The summed E-state index contributed by atoms with van der Waals surface area (Å²) >= 11 is 0. The minimum Gasteiger partial charge on any atom is -0.493 e. The van der Waals surface area contributed by atoms with Gasteiger partial charge in [0.1, 0.15) is 5.75 Å². The molecule has 0 spiro atoms. The van der Waals surface area contributed by atoms with E-state index < -0.39 is 0 Å². The molecule has 2 bridgehead atoms. The molecular formula is C15H19NO2. The highest BCUT2D eigenvalue weighted by Crippen LogP contribution is 2.44. The zero-order valence-corrected chi connectivity index (χ0v) is 10.5. The van der Waals surface area contributed by atoms with Gasteiger partial charge in [-0.3, -0.25) is 0 Å². The van der Waals surface area contributed by atoms with Gasteiger partial charge in [-0.1, -0.05) is 12.1 Å². The summed E-state index contributed by atoms with van der Waals surface area (Å²) in [7, 11) is 0. The van der Waals surface area contributed by atoms with Gasteiger partial charge in [0.05, 0.1) is 18.8 Å². The lowest BCUT2D eigenvalue weighted by molar-refractivity contribution is 0.0885. The Morgan fingerprint density at radius 2 is 2.22 bits per heavy atom. The molecular weight excluding hydrogens is 226 g/mol. The van der Waals surface area contributed by atoms with Gasteiger partial charge in [-0.25, -0.2) is 0 Å². The van der Waals surface area contributed by atoms with Crippen LogP contribution in [0.3, 0.4) is 0 Å². The first-order valence-electron chi connectivity index (χ1n) is 6.98. The molecule has 2 saturated heterocycles. The summed E-state index contributed by atoms with van der Waals surface area (Å²) in [5.74, 6) is 1.54. The zero-order valence-electron chi connectivity index (χ0n) is 10.5. The lowest BCUT2D eigenvalue weighted by Crippen LogP contribution is -2.29. The van der Waals surface area contributed by atoms with Gasteiger partial charge in [0.2, 0.25) is 0 Å². The van der Waals surface area contributed by atoms with Gasteiger partial charge in [-0.2, -0.15) is 0 Å². The molecule has 3 heteroatoms. The molecule has 0 amide bonds. The molecule has 3 heterocycles. The van der Waals surface area contributed by atoms with E-state index in [-0.39, 0.29) is 6.04 Å². The maximum Gasteiger partial charge on any atom is 0.122 e. The van der Waals surface area contributed by atoms with Crippen LogP contribution in [-0.2, 0) is 11.2 Å². The molecule has 18 heavy (non-hydrogen) atoms. The highest BCUT2D eigenvalue weighted by atomic mass is 16.5. The van der Waals surface area contributed by atoms with Crippen molar-refractivity contribution >= 4 is 0 Å². The molecule has 0 saturated carbocycles. The molecule has 1 aromatic rings. The van der Waals surface area contributed by atoms with E-state index in [9.17, 15) is 0 Å². The minimum absolute atomic E-state index is 0.117. The minimum atomic E-state index is 0.117. The summed E-state index contributed by atoms with van der Waals surface area (Å²) in [6.45, 7) is 0.811. The van der Waals surface area contributed by atoms with E-state index in [0.29, 0.717) is 18.1 Å². The number of nitrogens with two attached hydrogens (primary N) is 1. The molecule has 4 unspecified atom stereocenters. The average Bonchev–Trinajstić information content (AvgIpc) is 3.12. The summed E-state index contributed by atoms with van der Waals surface area (Å²) < 4.78 is 11.5. The van der Waals surface area contributed by atoms with Crippen LogP contribution in [0.5, 0.6) is 5.75 Å². The van der Waals surface area contributed by atoms with Crippen molar-refractivity contribution in [3.05, 3.63) is 29.3 Å². The van der Waals surface area contributed by atoms with Crippen LogP contribution >= 0.6 is 0 Å². The predicted octanol–water partition coefficient (Wildman–Crippen LogP) is 2.19. The van der Waals surface area contributed by atoms with Gasteiger partial charge in [0.25, 0.3) is 0 Å². The van der Waals surface area contributed by atoms with Crippen molar-refractivity contribution in [2.75, 3.05) is 6.61 Å². The number of rotatable bonds is 2. The lowest BCUT2D eigenvalue weighted by Gasteiger charge is -2.25. The van der Waals surface area contributed by atoms with Crippen molar-refractivity contribution in [2.24, 2.45) is 11.7 Å². The molecule has 3 aliphatic rings. The van der Waals surface area contributed by atoms with Gasteiger partial charge in [-0.15, -0.1) is 0 Å². The predicted molar refractivity (Wildman–Crippen MR) is 68.6 cm³/mol. The summed E-state index contributed by atoms with van der Waals surface area (Å²) in [4.78, 5) is 0. The van der Waals surface area contributed by atoms with Crippen LogP contribution in [-0.4, -0.2) is 18.8 Å². The Kier molecular flexibility index (Phi) is 2.39. The van der Waals surface area contributed by atoms with Gasteiger partial charge < -0.3 is 15.2 Å². The van der Waals surface area contributed by atoms with E-state index in [1.165, 1.54) is 24.0 Å². The highest BCUT2D eigenvalue weighted by Gasteiger charge is 2.43. The first-order valence-corrected chi connectivity index (χ1v) is 6.98. The Balaban J connectivity index is 1.59. The molecule has 4 atom stereocenters. The van der Waals surface area contributed by atoms with Crippen molar-refractivity contribution in [1.82, 2.24) is 0 Å². The first kappa shape index (κ1) is 10.8. The molecule has 2 fully saturated rings. The molecule has 96 valence electrons. The third kappa shape index (κ3) is 1.57. The largest absolute Gasteiger partial charge is 0.493 e. The van der Waals surface area contributed by atoms with E-state index in [1.54, 1.807) is 0 Å². The molecule has 3 aliphatic heterocycles. The van der Waals surface area contributed by atoms with E-state index in [2.05, 4.69) is 18.2 Å². The third-order valence-corrected chi connectivity index (χ3v) is 4.71. The maximum absolute atomic E-state index is 6.46. The van der Waals surface area contributed by atoms with Crippen LogP contribution < -0.4 is 10.5 Å². The van der Waals surface area contributed by atoms with Crippen LogP contribution in [0.4, 0.5) is 0 Å². The summed E-state index contributed by atoms with van der Waals surface area (Å²) in [5, 5.41) is 0. The Morgan fingerprint density at radius 3 is 3.00 bits per heavy atom. The average molecular weight is 245 g/mol. The van der Waals surface area contributed by atoms with Gasteiger partial charge >= 0.3 is 0 Å². The molecule has 0 aromatic heterocycles. The van der Waals surface area contributed by atoms with Crippen molar-refractivity contribution < 1.29 is 9.47 Å². The van der Waals surface area contributed by atoms with E-state index in [0.717, 1.165) is 25.2 Å². The SMILES string of the molecule is NC(c1ccc2c(c1)CCO2)C1CC2CCC1O2. The number of hydrogen-bond donors (Lipinski definition) is 1. The van der Waals surface area contributed by atoms with Crippen molar-refractivity contribution in [2.45, 2.75) is 43.9 Å². The molecule has 0 aliphatic carbocycles. The molecule has 1 aromatic carbocycles. The standard InChI is InChI=1S/C15H19NO2/c16-15(12-8-11-2-4-14(12)18-11)10-1-3-13-9(7-10)5-6-17-13/h1,3,7,11-12,14-15H,2,4-6,8,16H2. The topological polar surface area (TPSA) is 44.5 Å². The maximum atomic E-state index is 6.46. The second-order valence-corrected chi connectivity index (χ2v) is 5.76. The van der Waals surface area contributed by atoms with E-state index in [1.807, 2.05) is 0 Å². The zero-order chi connectivity index (χ0) is 12.1. The lowest BCUT2D eigenvalue weighted by atomic mass is 9.81. The van der Waals surface area contributed by atoms with Gasteiger partial charge in [0.15, 0.2) is 0 Å². The van der Waals surface area contributed by atoms with Gasteiger partial charge in [-0.05, 0) is 36.5 Å². The van der Waals surface area contributed by atoms with Crippen molar-refractivity contribution in [3.63, 3.8) is 0 Å². The molecule has 4 rings (SSSR count). The monoisotopic (exact) mass is 245 g/mol. The summed E-state index contributed by atoms with van der Waals surface area (Å²) in [6.07, 6.45) is 5.45. The van der Waals surface area contributed by atoms with Crippen LogP contribution in [0.1, 0.15) is 36.4 Å². The smallest absolute Gasteiger partial charge is 0.122 e. The number of ether oxygens (including phenoxy) is 2. The Bertz CT molecular complexity index is 474. The van der Waals surface area contributed by atoms with Gasteiger partial charge in [0, 0.05) is 18.4 Å². The number of fused-ring (bicyclic) bond motifs is 3. The normalized spacial score (nSPS) is 34.4. The fourth-order valence-electron chi connectivity index (χ4n) is 3.72. The van der Waals surface area contributed by atoms with Crippen LogP contribution in [0.15, 0.2) is 18.2 Å². The third-order valence-electron chi connectivity index (χ3n) is 4.71. The van der Waals surface area contributed by atoms with E-state index in [4.69, 9.17) is 15.2 Å². The van der Waals surface area contributed by atoms with Crippen LogP contribution in [0.2, 0.25) is 0 Å². The molecule has 3 nitrogen and oxygen atoms in total. The van der Waals surface area contributed by atoms with Crippen LogP contribution in [0.25, 0.3) is 0 Å². The number of hydrogen-bond acceptors (Lipinski definition) is 3. The molecule has 0 radical (unpaired) electrons. The van der Waals surface area contributed by atoms with Crippen molar-refractivity contribution in [3.8, 4) is 5.75 Å².